The largest absolute Gasteiger partial charge is 0.395 e. The molecule has 2 atom stereocenters. The molecule has 1 aliphatic heterocycles. The van der Waals surface area contributed by atoms with E-state index < -0.39 is 0 Å². The molecule has 106 valence electrons. The summed E-state index contributed by atoms with van der Waals surface area (Å²) in [7, 11) is 0. The second kappa shape index (κ2) is 5.51. The summed E-state index contributed by atoms with van der Waals surface area (Å²) in [4.78, 5) is 2.38. The first-order chi connectivity index (χ1) is 8.91. The minimum absolute atomic E-state index is 0.179. The van der Waals surface area contributed by atoms with Crippen LogP contribution in [0.25, 0.3) is 0 Å². The number of nitrogens with one attached hydrogen (secondary N) is 1. The maximum absolute atomic E-state index is 9.30. The summed E-state index contributed by atoms with van der Waals surface area (Å²) < 4.78 is 0. The molecule has 0 aromatic heterocycles. The Morgan fingerprint density at radius 3 is 2.42 bits per heavy atom. The lowest BCUT2D eigenvalue weighted by Gasteiger charge is -2.40. The quantitative estimate of drug-likeness (QED) is 0.857. The Labute approximate surface area is 116 Å². The molecular formula is C16H26N2O. The highest BCUT2D eigenvalue weighted by Gasteiger charge is 2.24. The summed E-state index contributed by atoms with van der Waals surface area (Å²) in [5.41, 5.74) is 2.81. The highest BCUT2D eigenvalue weighted by molar-refractivity contribution is 5.50. The third kappa shape index (κ3) is 3.28. The number of piperazine rings is 1. The summed E-state index contributed by atoms with van der Waals surface area (Å²) in [5, 5.41) is 12.7. The van der Waals surface area contributed by atoms with Crippen LogP contribution in [0.5, 0.6) is 0 Å². The zero-order valence-electron chi connectivity index (χ0n) is 12.5. The van der Waals surface area contributed by atoms with Crippen LogP contribution < -0.4 is 10.2 Å². The molecule has 0 bridgehead atoms. The molecule has 0 amide bonds. The fourth-order valence-corrected chi connectivity index (χ4v) is 2.56. The number of benzene rings is 1. The summed E-state index contributed by atoms with van der Waals surface area (Å²) >= 11 is 0. The Balaban J connectivity index is 2.16. The van der Waals surface area contributed by atoms with Crippen LogP contribution >= 0.6 is 0 Å². The molecule has 1 aliphatic rings. The zero-order valence-corrected chi connectivity index (χ0v) is 12.5. The molecule has 0 saturated carbocycles. The number of aliphatic hydroxyl groups is 1. The second-order valence-electron chi connectivity index (χ2n) is 6.59. The predicted molar refractivity (Wildman–Crippen MR) is 80.8 cm³/mol. The highest BCUT2D eigenvalue weighted by Crippen LogP contribution is 2.26. The second-order valence-corrected chi connectivity index (χ2v) is 6.59. The number of rotatable bonds is 2. The Morgan fingerprint density at radius 1 is 1.26 bits per heavy atom. The van der Waals surface area contributed by atoms with E-state index in [1.807, 2.05) is 0 Å². The number of aliphatic hydroxyl groups excluding tert-OH is 1. The maximum atomic E-state index is 9.30. The van der Waals surface area contributed by atoms with Gasteiger partial charge in [-0.3, -0.25) is 0 Å². The van der Waals surface area contributed by atoms with Gasteiger partial charge in [0.15, 0.2) is 0 Å². The molecule has 0 spiro atoms. The fourth-order valence-electron chi connectivity index (χ4n) is 2.56. The lowest BCUT2D eigenvalue weighted by atomic mass is 9.87. The summed E-state index contributed by atoms with van der Waals surface area (Å²) in [6, 6.07) is 9.49. The van der Waals surface area contributed by atoms with Crippen LogP contribution in [0.4, 0.5) is 5.69 Å². The van der Waals surface area contributed by atoms with Crippen molar-refractivity contribution in [1.29, 1.82) is 0 Å². The maximum Gasteiger partial charge on any atom is 0.0601 e. The number of anilines is 1. The number of nitrogens with zero attached hydrogens (tertiary/aromatic N) is 1. The Hall–Kier alpha value is -1.06. The van der Waals surface area contributed by atoms with Crippen LogP contribution in [0.15, 0.2) is 24.3 Å². The SMILES string of the molecule is CC1CNC(CO)CN1c1ccc(C(C)(C)C)cc1. The van der Waals surface area contributed by atoms with Gasteiger partial charge in [-0.25, -0.2) is 0 Å². The van der Waals surface area contributed by atoms with Crippen molar-refractivity contribution in [2.75, 3.05) is 24.6 Å². The van der Waals surface area contributed by atoms with Gasteiger partial charge in [-0.05, 0) is 30.0 Å². The van der Waals surface area contributed by atoms with Gasteiger partial charge in [-0.2, -0.15) is 0 Å². The smallest absolute Gasteiger partial charge is 0.0601 e. The van der Waals surface area contributed by atoms with Crippen molar-refractivity contribution in [3.8, 4) is 0 Å². The van der Waals surface area contributed by atoms with Crippen molar-refractivity contribution in [1.82, 2.24) is 5.32 Å². The summed E-state index contributed by atoms with van der Waals surface area (Å²) in [5.74, 6) is 0. The van der Waals surface area contributed by atoms with Crippen LogP contribution in [-0.2, 0) is 5.41 Å². The molecule has 1 aromatic carbocycles. The molecule has 3 heteroatoms. The van der Waals surface area contributed by atoms with Crippen molar-refractivity contribution in [2.24, 2.45) is 0 Å². The molecule has 2 N–H and O–H groups in total. The van der Waals surface area contributed by atoms with Crippen LogP contribution in [0.2, 0.25) is 0 Å². The monoisotopic (exact) mass is 262 g/mol. The number of hydrogen-bond donors (Lipinski definition) is 2. The Morgan fingerprint density at radius 2 is 1.89 bits per heavy atom. The molecule has 2 unspecified atom stereocenters. The normalized spacial score (nSPS) is 24.6. The van der Waals surface area contributed by atoms with E-state index in [0.29, 0.717) is 6.04 Å². The third-order valence-electron chi connectivity index (χ3n) is 3.94. The fraction of sp³-hybridized carbons (Fsp3) is 0.625. The van der Waals surface area contributed by atoms with E-state index in [2.05, 4.69) is 62.2 Å². The van der Waals surface area contributed by atoms with E-state index in [1.54, 1.807) is 0 Å². The van der Waals surface area contributed by atoms with Crippen molar-refractivity contribution in [3.05, 3.63) is 29.8 Å². The number of hydrogen-bond acceptors (Lipinski definition) is 3. The molecular weight excluding hydrogens is 236 g/mol. The minimum atomic E-state index is 0.179. The lowest BCUT2D eigenvalue weighted by molar-refractivity contribution is 0.227. The molecule has 19 heavy (non-hydrogen) atoms. The summed E-state index contributed by atoms with van der Waals surface area (Å²) in [6.45, 7) is 10.9. The first kappa shape index (κ1) is 14.4. The van der Waals surface area contributed by atoms with Crippen LogP contribution in [0.3, 0.4) is 0 Å². The van der Waals surface area contributed by atoms with Gasteiger partial charge in [-0.1, -0.05) is 32.9 Å². The van der Waals surface area contributed by atoms with E-state index >= 15 is 0 Å². The Kier molecular flexibility index (Phi) is 4.16. The predicted octanol–water partition coefficient (Wildman–Crippen LogP) is 2.14. The van der Waals surface area contributed by atoms with Gasteiger partial charge in [0.25, 0.3) is 0 Å². The van der Waals surface area contributed by atoms with E-state index in [9.17, 15) is 5.11 Å². The van der Waals surface area contributed by atoms with E-state index in [1.165, 1.54) is 11.3 Å². The van der Waals surface area contributed by atoms with Gasteiger partial charge in [0.1, 0.15) is 0 Å². The first-order valence-corrected chi connectivity index (χ1v) is 7.13. The van der Waals surface area contributed by atoms with Crippen LogP contribution in [0, 0.1) is 0 Å². The van der Waals surface area contributed by atoms with Crippen molar-refractivity contribution >= 4 is 5.69 Å². The van der Waals surface area contributed by atoms with Gasteiger partial charge in [0, 0.05) is 30.9 Å². The van der Waals surface area contributed by atoms with Gasteiger partial charge in [0.2, 0.25) is 0 Å². The average Bonchev–Trinajstić information content (AvgIpc) is 2.38. The van der Waals surface area contributed by atoms with Gasteiger partial charge in [-0.15, -0.1) is 0 Å². The standard InChI is InChI=1S/C16H26N2O/c1-12-9-17-14(11-19)10-18(12)15-7-5-13(6-8-15)16(2,3)4/h5-8,12,14,17,19H,9-11H2,1-4H3. The first-order valence-electron chi connectivity index (χ1n) is 7.13. The molecule has 1 aromatic rings. The van der Waals surface area contributed by atoms with Crippen molar-refractivity contribution < 1.29 is 5.11 Å². The minimum Gasteiger partial charge on any atom is -0.395 e. The van der Waals surface area contributed by atoms with Crippen molar-refractivity contribution in [3.63, 3.8) is 0 Å². The third-order valence-corrected chi connectivity index (χ3v) is 3.94. The van der Waals surface area contributed by atoms with Gasteiger partial charge in [0.05, 0.1) is 6.61 Å². The molecule has 3 nitrogen and oxygen atoms in total. The highest BCUT2D eigenvalue weighted by atomic mass is 16.3. The lowest BCUT2D eigenvalue weighted by Crippen LogP contribution is -2.56. The molecule has 0 radical (unpaired) electrons. The van der Waals surface area contributed by atoms with E-state index in [-0.39, 0.29) is 18.1 Å². The average molecular weight is 262 g/mol. The molecule has 1 heterocycles. The topological polar surface area (TPSA) is 35.5 Å². The summed E-state index contributed by atoms with van der Waals surface area (Å²) in [6.07, 6.45) is 0. The molecule has 0 aliphatic carbocycles. The van der Waals surface area contributed by atoms with E-state index in [4.69, 9.17) is 0 Å². The van der Waals surface area contributed by atoms with E-state index in [0.717, 1.165) is 13.1 Å². The van der Waals surface area contributed by atoms with Gasteiger partial charge >= 0.3 is 0 Å². The van der Waals surface area contributed by atoms with Gasteiger partial charge < -0.3 is 15.3 Å². The molecule has 2 rings (SSSR count). The van der Waals surface area contributed by atoms with Crippen LogP contribution in [0.1, 0.15) is 33.3 Å². The molecule has 1 saturated heterocycles. The van der Waals surface area contributed by atoms with Crippen molar-refractivity contribution in [2.45, 2.75) is 45.2 Å². The molecule has 1 fully saturated rings. The Bertz CT molecular complexity index is 408. The zero-order chi connectivity index (χ0) is 14.0. The van der Waals surface area contributed by atoms with Crippen LogP contribution in [-0.4, -0.2) is 36.9 Å².